The standard InChI is InChI=1S/C13H24N2O2/c1-9-5-6-14-12(9)13(17)15-8-10-3-2-4-11(16)7-10/h9-12,14,16H,2-8H2,1H3,(H,15,17). The van der Waals surface area contributed by atoms with E-state index in [2.05, 4.69) is 17.6 Å². The van der Waals surface area contributed by atoms with Crippen LogP contribution in [0.5, 0.6) is 0 Å². The fourth-order valence-corrected chi connectivity index (χ4v) is 2.99. The highest BCUT2D eigenvalue weighted by atomic mass is 16.3. The van der Waals surface area contributed by atoms with E-state index in [1.165, 1.54) is 0 Å². The minimum atomic E-state index is -0.158. The molecule has 4 atom stereocenters. The number of nitrogens with one attached hydrogen (secondary N) is 2. The lowest BCUT2D eigenvalue weighted by molar-refractivity contribution is -0.123. The Kier molecular flexibility index (Phi) is 4.40. The highest BCUT2D eigenvalue weighted by Crippen LogP contribution is 2.23. The molecule has 1 aliphatic heterocycles. The topological polar surface area (TPSA) is 61.4 Å². The molecule has 4 heteroatoms. The summed E-state index contributed by atoms with van der Waals surface area (Å²) in [5.74, 6) is 1.03. The lowest BCUT2D eigenvalue weighted by atomic mass is 9.87. The molecule has 1 heterocycles. The van der Waals surface area contributed by atoms with Crippen molar-refractivity contribution in [2.45, 2.75) is 51.2 Å². The lowest BCUT2D eigenvalue weighted by Crippen LogP contribution is -2.45. The molecule has 3 N–H and O–H groups in total. The molecule has 0 aromatic heterocycles. The number of rotatable bonds is 3. The first-order valence-electron chi connectivity index (χ1n) is 6.86. The first-order chi connectivity index (χ1) is 8.16. The highest BCUT2D eigenvalue weighted by Gasteiger charge is 2.29. The molecule has 2 aliphatic rings. The summed E-state index contributed by atoms with van der Waals surface area (Å²) < 4.78 is 0. The third kappa shape index (κ3) is 3.42. The quantitative estimate of drug-likeness (QED) is 0.679. The van der Waals surface area contributed by atoms with Gasteiger partial charge in [0.25, 0.3) is 0 Å². The van der Waals surface area contributed by atoms with Crippen molar-refractivity contribution in [3.63, 3.8) is 0 Å². The van der Waals surface area contributed by atoms with E-state index in [-0.39, 0.29) is 18.1 Å². The average Bonchev–Trinajstić information content (AvgIpc) is 2.72. The van der Waals surface area contributed by atoms with Crippen LogP contribution >= 0.6 is 0 Å². The zero-order valence-corrected chi connectivity index (χ0v) is 10.6. The number of carbonyl (C=O) groups excluding carboxylic acids is 1. The molecule has 98 valence electrons. The van der Waals surface area contributed by atoms with Crippen LogP contribution < -0.4 is 10.6 Å². The Bertz CT molecular complexity index is 270. The molecule has 1 amide bonds. The Labute approximate surface area is 103 Å². The number of aliphatic hydroxyl groups is 1. The molecule has 4 unspecified atom stereocenters. The second-order valence-electron chi connectivity index (χ2n) is 5.63. The van der Waals surface area contributed by atoms with Gasteiger partial charge in [0.2, 0.25) is 5.91 Å². The molecule has 1 saturated carbocycles. The highest BCUT2D eigenvalue weighted by molar-refractivity contribution is 5.82. The predicted octanol–water partition coefficient (Wildman–Crippen LogP) is 0.652. The number of carbonyl (C=O) groups is 1. The molecular weight excluding hydrogens is 216 g/mol. The molecule has 2 rings (SSSR count). The fourth-order valence-electron chi connectivity index (χ4n) is 2.99. The monoisotopic (exact) mass is 240 g/mol. The summed E-state index contributed by atoms with van der Waals surface area (Å²) in [6.45, 7) is 3.79. The van der Waals surface area contributed by atoms with Crippen LogP contribution in [0, 0.1) is 11.8 Å². The number of aliphatic hydroxyl groups excluding tert-OH is 1. The molecule has 0 aromatic carbocycles. The maximum absolute atomic E-state index is 11.9. The maximum atomic E-state index is 11.9. The van der Waals surface area contributed by atoms with Gasteiger partial charge in [-0.3, -0.25) is 4.79 Å². The Morgan fingerprint density at radius 2 is 2.24 bits per heavy atom. The van der Waals surface area contributed by atoms with Gasteiger partial charge in [-0.2, -0.15) is 0 Å². The first-order valence-corrected chi connectivity index (χ1v) is 6.86. The van der Waals surface area contributed by atoms with Gasteiger partial charge in [-0.15, -0.1) is 0 Å². The van der Waals surface area contributed by atoms with Crippen molar-refractivity contribution < 1.29 is 9.90 Å². The largest absolute Gasteiger partial charge is 0.393 e. The van der Waals surface area contributed by atoms with Gasteiger partial charge in [0.15, 0.2) is 0 Å². The summed E-state index contributed by atoms with van der Waals surface area (Å²) in [6.07, 6.45) is 4.90. The third-order valence-electron chi connectivity index (χ3n) is 4.14. The molecule has 4 nitrogen and oxygen atoms in total. The molecule has 1 aliphatic carbocycles. The second-order valence-corrected chi connectivity index (χ2v) is 5.63. The van der Waals surface area contributed by atoms with Crippen LogP contribution in [0.25, 0.3) is 0 Å². The van der Waals surface area contributed by atoms with E-state index < -0.39 is 0 Å². The van der Waals surface area contributed by atoms with Gasteiger partial charge in [0.05, 0.1) is 12.1 Å². The average molecular weight is 240 g/mol. The number of amides is 1. The van der Waals surface area contributed by atoms with E-state index >= 15 is 0 Å². The molecule has 2 fully saturated rings. The molecular formula is C13H24N2O2. The molecule has 1 saturated heterocycles. The lowest BCUT2D eigenvalue weighted by Gasteiger charge is -2.26. The first kappa shape index (κ1) is 12.8. The van der Waals surface area contributed by atoms with Crippen LogP contribution in [-0.2, 0) is 4.79 Å². The summed E-state index contributed by atoms with van der Waals surface area (Å²) >= 11 is 0. The Balaban J connectivity index is 1.72. The second kappa shape index (κ2) is 5.83. The minimum Gasteiger partial charge on any atom is -0.393 e. The van der Waals surface area contributed by atoms with Gasteiger partial charge in [-0.05, 0) is 44.1 Å². The van der Waals surface area contributed by atoms with Crippen LogP contribution in [0.15, 0.2) is 0 Å². The van der Waals surface area contributed by atoms with Gasteiger partial charge in [-0.25, -0.2) is 0 Å². The molecule has 0 radical (unpaired) electrons. The van der Waals surface area contributed by atoms with Gasteiger partial charge in [0.1, 0.15) is 0 Å². The van der Waals surface area contributed by atoms with Gasteiger partial charge in [0, 0.05) is 6.54 Å². The number of hydrogen-bond acceptors (Lipinski definition) is 3. The zero-order valence-electron chi connectivity index (χ0n) is 10.6. The maximum Gasteiger partial charge on any atom is 0.237 e. The van der Waals surface area contributed by atoms with Crippen molar-refractivity contribution in [2.24, 2.45) is 11.8 Å². The SMILES string of the molecule is CC1CCNC1C(=O)NCC1CCCC(O)C1. The van der Waals surface area contributed by atoms with Crippen LogP contribution in [0.2, 0.25) is 0 Å². The van der Waals surface area contributed by atoms with Gasteiger partial charge in [-0.1, -0.05) is 13.3 Å². The normalized spacial score (nSPS) is 38.0. The smallest absolute Gasteiger partial charge is 0.237 e. The van der Waals surface area contributed by atoms with E-state index in [4.69, 9.17) is 0 Å². The van der Waals surface area contributed by atoms with Crippen molar-refractivity contribution in [2.75, 3.05) is 13.1 Å². The Morgan fingerprint density at radius 3 is 2.88 bits per heavy atom. The summed E-state index contributed by atoms with van der Waals surface area (Å²) in [6, 6.07) is -0.0106. The van der Waals surface area contributed by atoms with E-state index in [0.29, 0.717) is 11.8 Å². The van der Waals surface area contributed by atoms with Crippen molar-refractivity contribution in [3.05, 3.63) is 0 Å². The Hall–Kier alpha value is -0.610. The fraction of sp³-hybridized carbons (Fsp3) is 0.923. The zero-order chi connectivity index (χ0) is 12.3. The third-order valence-corrected chi connectivity index (χ3v) is 4.14. The molecule has 0 bridgehead atoms. The van der Waals surface area contributed by atoms with E-state index in [1.807, 2.05) is 0 Å². The predicted molar refractivity (Wildman–Crippen MR) is 66.5 cm³/mol. The molecule has 17 heavy (non-hydrogen) atoms. The molecule has 0 aromatic rings. The van der Waals surface area contributed by atoms with Crippen molar-refractivity contribution in [1.82, 2.24) is 10.6 Å². The van der Waals surface area contributed by atoms with Crippen LogP contribution in [-0.4, -0.2) is 36.2 Å². The summed E-state index contributed by atoms with van der Waals surface area (Å²) in [7, 11) is 0. The van der Waals surface area contributed by atoms with Crippen molar-refractivity contribution >= 4 is 5.91 Å². The van der Waals surface area contributed by atoms with Gasteiger partial charge >= 0.3 is 0 Å². The van der Waals surface area contributed by atoms with E-state index in [0.717, 1.165) is 45.2 Å². The van der Waals surface area contributed by atoms with E-state index in [1.54, 1.807) is 0 Å². The summed E-state index contributed by atoms with van der Waals surface area (Å²) in [5, 5.41) is 15.8. The summed E-state index contributed by atoms with van der Waals surface area (Å²) in [4.78, 5) is 11.9. The van der Waals surface area contributed by atoms with Gasteiger partial charge < -0.3 is 15.7 Å². The van der Waals surface area contributed by atoms with Crippen molar-refractivity contribution in [1.29, 1.82) is 0 Å². The van der Waals surface area contributed by atoms with Crippen LogP contribution in [0.1, 0.15) is 39.0 Å². The molecule has 0 spiro atoms. The number of hydrogen-bond donors (Lipinski definition) is 3. The minimum absolute atomic E-state index is 0.0106. The van der Waals surface area contributed by atoms with Crippen LogP contribution in [0.3, 0.4) is 0 Å². The van der Waals surface area contributed by atoms with Crippen molar-refractivity contribution in [3.8, 4) is 0 Å². The van der Waals surface area contributed by atoms with Crippen LogP contribution in [0.4, 0.5) is 0 Å². The van der Waals surface area contributed by atoms with E-state index in [9.17, 15) is 9.90 Å². The Morgan fingerprint density at radius 1 is 1.41 bits per heavy atom. The summed E-state index contributed by atoms with van der Waals surface area (Å²) in [5.41, 5.74) is 0.